The number of nitrogens with zero attached hydrogens (tertiary/aromatic N) is 1. The second-order valence-corrected chi connectivity index (χ2v) is 11.8. The summed E-state index contributed by atoms with van der Waals surface area (Å²) in [5.74, 6) is 1.75. The maximum Gasteiger partial charge on any atom is 0.240 e. The Morgan fingerprint density at radius 1 is 0.970 bits per heavy atom. The molecule has 8 heteroatoms. The lowest BCUT2D eigenvalue weighted by Crippen LogP contribution is -2.51. The number of benzene rings is 1. The van der Waals surface area contributed by atoms with Crippen molar-refractivity contribution in [2.24, 2.45) is 17.8 Å². The molecule has 4 rings (SSSR count). The summed E-state index contributed by atoms with van der Waals surface area (Å²) >= 11 is 0. The Labute approximate surface area is 198 Å². The van der Waals surface area contributed by atoms with Gasteiger partial charge in [0.05, 0.1) is 12.0 Å². The molecule has 7 nitrogen and oxygen atoms in total. The molecule has 0 bridgehead atoms. The van der Waals surface area contributed by atoms with E-state index in [0.29, 0.717) is 24.3 Å². The zero-order chi connectivity index (χ0) is 23.3. The fraction of sp³-hybridized carbons (Fsp3) is 0.720. The van der Waals surface area contributed by atoms with Crippen molar-refractivity contribution >= 4 is 15.9 Å². The van der Waals surface area contributed by atoms with Crippen LogP contribution in [0.25, 0.3) is 0 Å². The van der Waals surface area contributed by atoms with Gasteiger partial charge in [-0.25, -0.2) is 13.1 Å². The van der Waals surface area contributed by atoms with E-state index in [1.54, 1.807) is 31.4 Å². The summed E-state index contributed by atoms with van der Waals surface area (Å²) in [5, 5.41) is 3.27. The predicted octanol–water partition coefficient (Wildman–Crippen LogP) is 3.16. The maximum absolute atomic E-state index is 12.8. The van der Waals surface area contributed by atoms with Crippen LogP contribution in [0, 0.1) is 17.8 Å². The van der Waals surface area contributed by atoms with Gasteiger partial charge in [-0.05, 0) is 101 Å². The van der Waals surface area contributed by atoms with Crippen LogP contribution in [0.3, 0.4) is 0 Å². The minimum absolute atomic E-state index is 0.0606. The van der Waals surface area contributed by atoms with Gasteiger partial charge in [0.2, 0.25) is 15.9 Å². The van der Waals surface area contributed by atoms with E-state index in [-0.39, 0.29) is 22.6 Å². The van der Waals surface area contributed by atoms with E-state index < -0.39 is 10.0 Å². The fourth-order valence-corrected chi connectivity index (χ4v) is 7.00. The van der Waals surface area contributed by atoms with Crippen LogP contribution in [-0.2, 0) is 14.8 Å². The molecule has 0 spiro atoms. The minimum atomic E-state index is -3.53. The molecule has 2 aliphatic heterocycles. The Morgan fingerprint density at radius 3 is 2.42 bits per heavy atom. The highest BCUT2D eigenvalue weighted by molar-refractivity contribution is 7.89. The SMILES string of the molecule is COc1ccc(S(=O)(=O)NCC2CCC(C(=O)NC[C@H]3CCCN4CCCC[C@H]34)CC2)cc1. The molecule has 0 unspecified atom stereocenters. The molecule has 184 valence electrons. The topological polar surface area (TPSA) is 87.7 Å². The number of amides is 1. The third-order valence-corrected chi connectivity index (χ3v) is 9.36. The van der Waals surface area contributed by atoms with Crippen molar-refractivity contribution in [3.05, 3.63) is 24.3 Å². The average Bonchev–Trinajstić information content (AvgIpc) is 2.86. The number of fused-ring (bicyclic) bond motifs is 1. The lowest BCUT2D eigenvalue weighted by Gasteiger charge is -2.44. The summed E-state index contributed by atoms with van der Waals surface area (Å²) in [6.07, 6.45) is 9.80. The van der Waals surface area contributed by atoms with Crippen molar-refractivity contribution in [1.29, 1.82) is 0 Å². The van der Waals surface area contributed by atoms with E-state index in [1.165, 1.54) is 45.2 Å². The number of nitrogens with one attached hydrogen (secondary N) is 2. The van der Waals surface area contributed by atoms with Crippen LogP contribution in [-0.4, -0.2) is 58.6 Å². The van der Waals surface area contributed by atoms with Crippen molar-refractivity contribution in [2.45, 2.75) is 68.7 Å². The third kappa shape index (κ3) is 6.28. The number of carbonyl (C=O) groups is 1. The number of hydrogen-bond acceptors (Lipinski definition) is 5. The van der Waals surface area contributed by atoms with Crippen LogP contribution in [0.15, 0.2) is 29.2 Å². The lowest BCUT2D eigenvalue weighted by molar-refractivity contribution is -0.126. The van der Waals surface area contributed by atoms with Gasteiger partial charge < -0.3 is 15.0 Å². The summed E-state index contributed by atoms with van der Waals surface area (Å²) in [4.78, 5) is 15.7. The number of hydrogen-bond donors (Lipinski definition) is 2. The molecule has 1 aromatic carbocycles. The molecule has 1 aromatic rings. The van der Waals surface area contributed by atoms with E-state index >= 15 is 0 Å². The molecule has 0 aromatic heterocycles. The zero-order valence-electron chi connectivity index (χ0n) is 19.8. The van der Waals surface area contributed by atoms with Gasteiger partial charge in [0.25, 0.3) is 0 Å². The molecule has 2 atom stereocenters. The Balaban J connectivity index is 1.19. The second-order valence-electron chi connectivity index (χ2n) is 9.99. The van der Waals surface area contributed by atoms with Gasteiger partial charge in [-0.15, -0.1) is 0 Å². The molecule has 2 saturated heterocycles. The van der Waals surface area contributed by atoms with Crippen molar-refractivity contribution in [3.63, 3.8) is 0 Å². The quantitative estimate of drug-likeness (QED) is 0.601. The van der Waals surface area contributed by atoms with E-state index in [0.717, 1.165) is 32.2 Å². The first-order valence-electron chi connectivity index (χ1n) is 12.6. The predicted molar refractivity (Wildman–Crippen MR) is 129 cm³/mol. The number of rotatable bonds is 8. The summed E-state index contributed by atoms with van der Waals surface area (Å²) in [6, 6.07) is 7.07. The minimum Gasteiger partial charge on any atom is -0.497 e. The van der Waals surface area contributed by atoms with Gasteiger partial charge in [-0.2, -0.15) is 0 Å². The van der Waals surface area contributed by atoms with Crippen molar-refractivity contribution < 1.29 is 17.9 Å². The van der Waals surface area contributed by atoms with Crippen molar-refractivity contribution in [2.75, 3.05) is 33.3 Å². The molecule has 2 N–H and O–H groups in total. The smallest absolute Gasteiger partial charge is 0.240 e. The molecule has 3 fully saturated rings. The maximum atomic E-state index is 12.8. The van der Waals surface area contributed by atoms with E-state index in [1.807, 2.05) is 0 Å². The van der Waals surface area contributed by atoms with Crippen LogP contribution in [0.2, 0.25) is 0 Å². The van der Waals surface area contributed by atoms with Gasteiger partial charge >= 0.3 is 0 Å². The second kappa shape index (κ2) is 11.2. The van der Waals surface area contributed by atoms with Crippen molar-refractivity contribution in [1.82, 2.24) is 14.9 Å². The highest BCUT2D eigenvalue weighted by Crippen LogP contribution is 2.32. The molecule has 3 aliphatic rings. The van der Waals surface area contributed by atoms with Gasteiger partial charge in [0, 0.05) is 25.0 Å². The lowest BCUT2D eigenvalue weighted by atomic mass is 9.81. The highest BCUT2D eigenvalue weighted by atomic mass is 32.2. The van der Waals surface area contributed by atoms with Gasteiger partial charge in [0.1, 0.15) is 5.75 Å². The van der Waals surface area contributed by atoms with Crippen LogP contribution >= 0.6 is 0 Å². The molecule has 2 heterocycles. The first-order chi connectivity index (χ1) is 16.0. The van der Waals surface area contributed by atoms with Crippen LogP contribution < -0.4 is 14.8 Å². The standard InChI is InChI=1S/C25H39N3O4S/c1-32-22-11-13-23(14-12-22)33(30,31)27-17-19-7-9-20(10-8-19)25(29)26-18-21-5-4-16-28-15-3-2-6-24(21)28/h11-14,19-21,24,27H,2-10,15-18H2,1H3,(H,26,29)/t19?,20?,21-,24-/m1/s1. The summed E-state index contributed by atoms with van der Waals surface area (Å²) < 4.78 is 33.0. The number of ether oxygens (including phenoxy) is 1. The van der Waals surface area contributed by atoms with Gasteiger partial charge in [0.15, 0.2) is 0 Å². The van der Waals surface area contributed by atoms with Gasteiger partial charge in [-0.3, -0.25) is 4.79 Å². The largest absolute Gasteiger partial charge is 0.497 e. The van der Waals surface area contributed by atoms with Crippen LogP contribution in [0.1, 0.15) is 57.8 Å². The third-order valence-electron chi connectivity index (χ3n) is 7.92. The number of methoxy groups -OCH3 is 1. The number of piperidine rings is 2. The van der Waals surface area contributed by atoms with Gasteiger partial charge in [-0.1, -0.05) is 6.42 Å². The molecule has 1 amide bonds. The molecular weight excluding hydrogens is 438 g/mol. The summed E-state index contributed by atoms with van der Waals surface area (Å²) in [6.45, 7) is 3.67. The fourth-order valence-electron chi connectivity index (χ4n) is 5.89. The molecule has 0 radical (unpaired) electrons. The Morgan fingerprint density at radius 2 is 1.70 bits per heavy atom. The van der Waals surface area contributed by atoms with Crippen LogP contribution in [0.4, 0.5) is 0 Å². The van der Waals surface area contributed by atoms with E-state index in [2.05, 4.69) is 14.9 Å². The Bertz CT molecular complexity index is 879. The zero-order valence-corrected chi connectivity index (χ0v) is 20.6. The molecule has 33 heavy (non-hydrogen) atoms. The first-order valence-corrected chi connectivity index (χ1v) is 14.1. The summed E-state index contributed by atoms with van der Waals surface area (Å²) in [7, 11) is -1.98. The number of carbonyl (C=O) groups excluding carboxylic acids is 1. The molecule has 1 aliphatic carbocycles. The van der Waals surface area contributed by atoms with E-state index in [4.69, 9.17) is 4.74 Å². The normalized spacial score (nSPS) is 28.6. The van der Waals surface area contributed by atoms with Crippen LogP contribution in [0.5, 0.6) is 5.75 Å². The molecule has 1 saturated carbocycles. The summed E-state index contributed by atoms with van der Waals surface area (Å²) in [5.41, 5.74) is 0. The monoisotopic (exact) mass is 477 g/mol. The van der Waals surface area contributed by atoms with E-state index in [9.17, 15) is 13.2 Å². The number of sulfonamides is 1. The Hall–Kier alpha value is -1.64. The average molecular weight is 478 g/mol. The van der Waals surface area contributed by atoms with Crippen molar-refractivity contribution in [3.8, 4) is 5.75 Å². The Kier molecular flexibility index (Phi) is 8.30. The highest BCUT2D eigenvalue weighted by Gasteiger charge is 2.34. The molecular formula is C25H39N3O4S. The first kappa shape index (κ1) is 24.5.